The molecule has 27 heavy (non-hydrogen) atoms. The van der Waals surface area contributed by atoms with Gasteiger partial charge in [0.15, 0.2) is 0 Å². The van der Waals surface area contributed by atoms with E-state index in [0.717, 1.165) is 5.69 Å². The molecule has 0 aromatic heterocycles. The van der Waals surface area contributed by atoms with Crippen molar-refractivity contribution in [2.75, 3.05) is 10.7 Å². The molecule has 7 rings (SSSR count). The van der Waals surface area contributed by atoms with Gasteiger partial charge in [-0.25, -0.2) is 0 Å². The maximum atomic E-state index is 13.5. The molecule has 2 spiro atoms. The Morgan fingerprint density at radius 1 is 0.852 bits per heavy atom. The number of hydrogen-bond donors (Lipinski definition) is 0. The van der Waals surface area contributed by atoms with E-state index in [1.165, 1.54) is 49.2 Å². The van der Waals surface area contributed by atoms with Crippen molar-refractivity contribution in [1.82, 2.24) is 0 Å². The lowest BCUT2D eigenvalue weighted by Crippen LogP contribution is -2.63. The number of anilines is 1. The quantitative estimate of drug-likeness (QED) is 0.535. The molecule has 2 bridgehead atoms. The first-order chi connectivity index (χ1) is 13.2. The Labute approximate surface area is 164 Å². The van der Waals surface area contributed by atoms with Gasteiger partial charge in [0.2, 0.25) is 11.8 Å². The highest BCUT2D eigenvalue weighted by atomic mass is 32.2. The van der Waals surface area contributed by atoms with Crippen LogP contribution in [-0.2, 0) is 9.59 Å². The number of imide groups is 1. The molecule has 3 nitrogen and oxygen atoms in total. The second-order valence-electron chi connectivity index (χ2n) is 9.04. The number of amides is 2. The standard InChI is InChI=1S/C23H25NO2S/c25-20-18-16-9-10-17(19(18)21(26)24(20)15-7-2-1-3-8-15)23(13-6-14-27-23)22(16)11-4-5-12-22/h1-3,7-10,16-19H,4-6,11-14H2/t16-,17-,18+,19+,23-/m1/s1. The zero-order valence-electron chi connectivity index (χ0n) is 15.5. The highest BCUT2D eigenvalue weighted by Gasteiger charge is 2.73. The second-order valence-corrected chi connectivity index (χ2v) is 10.5. The van der Waals surface area contributed by atoms with Gasteiger partial charge in [0, 0.05) is 10.7 Å². The molecule has 1 aromatic carbocycles. The molecule has 2 saturated carbocycles. The predicted molar refractivity (Wildman–Crippen MR) is 107 cm³/mol. The van der Waals surface area contributed by atoms with Crippen LogP contribution in [0.1, 0.15) is 38.5 Å². The lowest BCUT2D eigenvalue weighted by molar-refractivity contribution is -0.133. The Balaban J connectivity index is 1.50. The summed E-state index contributed by atoms with van der Waals surface area (Å²) in [6.45, 7) is 0. The molecular weight excluding hydrogens is 354 g/mol. The molecule has 2 amide bonds. The Kier molecular flexibility index (Phi) is 3.34. The lowest BCUT2D eigenvalue weighted by Gasteiger charge is -2.62. The summed E-state index contributed by atoms with van der Waals surface area (Å²) in [5, 5.41) is 0. The van der Waals surface area contributed by atoms with E-state index in [-0.39, 0.29) is 45.6 Å². The average Bonchev–Trinajstić information content (AvgIpc) is 3.42. The summed E-state index contributed by atoms with van der Waals surface area (Å²) in [6, 6.07) is 9.56. The molecule has 0 N–H and O–H groups in total. The summed E-state index contributed by atoms with van der Waals surface area (Å²) in [5.41, 5.74) is 0.979. The number of para-hydroxylation sites is 1. The van der Waals surface area contributed by atoms with Crippen LogP contribution in [-0.4, -0.2) is 22.3 Å². The van der Waals surface area contributed by atoms with Crippen molar-refractivity contribution in [2.45, 2.75) is 43.3 Å². The van der Waals surface area contributed by atoms with Gasteiger partial charge in [-0.15, -0.1) is 0 Å². The van der Waals surface area contributed by atoms with Crippen LogP contribution in [0.3, 0.4) is 0 Å². The Morgan fingerprint density at radius 3 is 2.19 bits per heavy atom. The third kappa shape index (κ3) is 1.81. The summed E-state index contributed by atoms with van der Waals surface area (Å²) >= 11 is 2.14. The van der Waals surface area contributed by atoms with E-state index >= 15 is 0 Å². The summed E-state index contributed by atoms with van der Waals surface area (Å²) in [4.78, 5) is 28.6. The normalized spacial score (nSPS) is 41.3. The fraction of sp³-hybridized carbons (Fsp3) is 0.565. The largest absolute Gasteiger partial charge is 0.274 e. The van der Waals surface area contributed by atoms with Crippen LogP contribution in [0.15, 0.2) is 42.5 Å². The highest BCUT2D eigenvalue weighted by Crippen LogP contribution is 2.73. The number of allylic oxidation sites excluding steroid dienone is 2. The summed E-state index contributed by atoms with van der Waals surface area (Å²) in [5.74, 6) is 1.49. The van der Waals surface area contributed by atoms with Crippen LogP contribution in [0.4, 0.5) is 5.69 Å². The van der Waals surface area contributed by atoms with Crippen LogP contribution in [0, 0.1) is 29.1 Å². The summed E-state index contributed by atoms with van der Waals surface area (Å²) in [7, 11) is 0. The molecule has 4 fully saturated rings. The number of nitrogens with zero attached hydrogens (tertiary/aromatic N) is 1. The number of carbonyl (C=O) groups excluding carboxylic acids is 2. The van der Waals surface area contributed by atoms with E-state index in [9.17, 15) is 9.59 Å². The van der Waals surface area contributed by atoms with Crippen LogP contribution >= 0.6 is 11.8 Å². The van der Waals surface area contributed by atoms with E-state index in [1.54, 1.807) is 0 Å². The first-order valence-electron chi connectivity index (χ1n) is 10.4. The molecule has 2 aliphatic heterocycles. The first-order valence-corrected chi connectivity index (χ1v) is 11.4. The molecule has 1 aromatic rings. The Hall–Kier alpha value is -1.55. The van der Waals surface area contributed by atoms with Crippen molar-refractivity contribution in [3.63, 3.8) is 0 Å². The first kappa shape index (κ1) is 16.4. The van der Waals surface area contributed by atoms with E-state index in [4.69, 9.17) is 0 Å². The number of carbonyl (C=O) groups is 2. The number of hydrogen-bond acceptors (Lipinski definition) is 3. The monoisotopic (exact) mass is 379 g/mol. The zero-order chi connectivity index (χ0) is 18.2. The fourth-order valence-corrected chi connectivity index (χ4v) is 9.43. The van der Waals surface area contributed by atoms with Crippen LogP contribution in [0.25, 0.3) is 0 Å². The Bertz CT molecular complexity index is 785. The minimum Gasteiger partial charge on any atom is -0.274 e. The van der Waals surface area contributed by atoms with Crippen molar-refractivity contribution in [2.24, 2.45) is 29.1 Å². The van der Waals surface area contributed by atoms with E-state index in [1.807, 2.05) is 30.3 Å². The van der Waals surface area contributed by atoms with Gasteiger partial charge in [-0.1, -0.05) is 43.2 Å². The van der Waals surface area contributed by atoms with Crippen LogP contribution in [0.2, 0.25) is 0 Å². The van der Waals surface area contributed by atoms with Gasteiger partial charge in [-0.2, -0.15) is 11.8 Å². The maximum absolute atomic E-state index is 13.5. The van der Waals surface area contributed by atoms with Gasteiger partial charge in [0.1, 0.15) is 0 Å². The fourth-order valence-electron chi connectivity index (χ4n) is 7.44. The van der Waals surface area contributed by atoms with E-state index in [0.29, 0.717) is 0 Å². The number of rotatable bonds is 1. The van der Waals surface area contributed by atoms with Crippen molar-refractivity contribution in [3.05, 3.63) is 42.5 Å². The highest BCUT2D eigenvalue weighted by molar-refractivity contribution is 8.01. The minimum atomic E-state index is -0.149. The molecule has 0 unspecified atom stereocenters. The predicted octanol–water partition coefficient (Wildman–Crippen LogP) is 4.43. The molecule has 5 atom stereocenters. The molecule has 140 valence electrons. The van der Waals surface area contributed by atoms with Gasteiger partial charge >= 0.3 is 0 Å². The average molecular weight is 380 g/mol. The molecule has 4 heteroatoms. The smallest absolute Gasteiger partial charge is 0.238 e. The van der Waals surface area contributed by atoms with Gasteiger partial charge in [-0.3, -0.25) is 14.5 Å². The topological polar surface area (TPSA) is 37.4 Å². The van der Waals surface area contributed by atoms with Crippen LogP contribution in [0.5, 0.6) is 0 Å². The zero-order valence-corrected chi connectivity index (χ0v) is 16.3. The molecule has 0 radical (unpaired) electrons. The minimum absolute atomic E-state index is 0.0512. The number of benzene rings is 1. The third-order valence-electron chi connectivity index (χ3n) is 8.28. The Morgan fingerprint density at radius 2 is 1.52 bits per heavy atom. The summed E-state index contributed by atoms with van der Waals surface area (Å²) < 4.78 is 0.187. The SMILES string of the molecule is O=C1[C@@H]2[C@@H](C(=O)N1c1ccccc1)[C@H]1C=C[C@H]2C2(CCCC2)[C@@]12CCCS2. The van der Waals surface area contributed by atoms with Crippen molar-refractivity contribution < 1.29 is 9.59 Å². The van der Waals surface area contributed by atoms with Crippen molar-refractivity contribution >= 4 is 29.3 Å². The van der Waals surface area contributed by atoms with Gasteiger partial charge in [0.05, 0.1) is 17.5 Å². The molecular formula is C23H25NO2S. The molecule has 2 heterocycles. The second kappa shape index (κ2) is 5.50. The molecule has 4 aliphatic carbocycles. The van der Waals surface area contributed by atoms with E-state index in [2.05, 4.69) is 23.9 Å². The third-order valence-corrected chi connectivity index (χ3v) is 10.2. The maximum Gasteiger partial charge on any atom is 0.238 e. The van der Waals surface area contributed by atoms with Gasteiger partial charge < -0.3 is 0 Å². The lowest BCUT2D eigenvalue weighted by atomic mass is 9.45. The van der Waals surface area contributed by atoms with Crippen molar-refractivity contribution in [1.29, 1.82) is 0 Å². The molecule has 6 aliphatic rings. The van der Waals surface area contributed by atoms with Gasteiger partial charge in [-0.05, 0) is 54.9 Å². The summed E-state index contributed by atoms with van der Waals surface area (Å²) in [6.07, 6.45) is 12.2. The van der Waals surface area contributed by atoms with Crippen molar-refractivity contribution in [3.8, 4) is 0 Å². The van der Waals surface area contributed by atoms with Crippen LogP contribution < -0.4 is 4.90 Å². The van der Waals surface area contributed by atoms with Gasteiger partial charge in [0.25, 0.3) is 0 Å². The van der Waals surface area contributed by atoms with E-state index < -0.39 is 0 Å². The molecule has 2 saturated heterocycles. The number of thioether (sulfide) groups is 1.